The first kappa shape index (κ1) is 17.7. The Morgan fingerprint density at radius 2 is 1.63 bits per heavy atom. The molecule has 27 heavy (non-hydrogen) atoms. The zero-order chi connectivity index (χ0) is 18.8. The summed E-state index contributed by atoms with van der Waals surface area (Å²) in [6.45, 7) is 0.677. The van der Waals surface area contributed by atoms with Crippen molar-refractivity contribution in [2.45, 2.75) is 19.0 Å². The number of benzene rings is 2. The summed E-state index contributed by atoms with van der Waals surface area (Å²) in [4.78, 5) is 4.52. The molecule has 0 aliphatic heterocycles. The third-order valence-electron chi connectivity index (χ3n) is 4.38. The number of fused-ring (bicyclic) bond motifs is 1. The third kappa shape index (κ3) is 4.18. The number of thiazole rings is 1. The monoisotopic (exact) mass is 382 g/mol. The number of nitrogens with zero attached hydrogens (tertiary/aromatic N) is 2. The highest BCUT2D eigenvalue weighted by Crippen LogP contribution is 2.27. The fourth-order valence-corrected chi connectivity index (χ4v) is 3.94. The van der Waals surface area contributed by atoms with Gasteiger partial charge in [-0.15, -0.1) is 11.3 Å². The van der Waals surface area contributed by atoms with E-state index in [-0.39, 0.29) is 17.7 Å². The Labute approximate surface area is 159 Å². The van der Waals surface area contributed by atoms with Gasteiger partial charge in [0.05, 0.1) is 16.3 Å². The Morgan fingerprint density at radius 1 is 0.926 bits per heavy atom. The maximum atomic E-state index is 13.3. The van der Waals surface area contributed by atoms with Gasteiger partial charge in [0.25, 0.3) is 0 Å². The molecule has 0 aliphatic rings. The van der Waals surface area contributed by atoms with Crippen molar-refractivity contribution >= 4 is 21.6 Å². The molecule has 0 bridgehead atoms. The second-order valence-electron chi connectivity index (χ2n) is 6.48. The minimum absolute atomic E-state index is 0.231. The lowest BCUT2D eigenvalue weighted by molar-refractivity contribution is -0.688. The maximum absolute atomic E-state index is 13.3. The standard InChI is InChI=1S/C21H18F2N3S/c22-16-3-1-15(2-4-16)13-26-9-7-14(8-10-26)11-18(24)21-25-19-6-5-17(23)12-20(19)27-21/h1-10,12,18H,11,13,24H2/q+1. The van der Waals surface area contributed by atoms with Gasteiger partial charge in [-0.1, -0.05) is 0 Å². The average molecular weight is 382 g/mol. The number of aromatic nitrogens is 2. The van der Waals surface area contributed by atoms with Crippen LogP contribution in [0.3, 0.4) is 0 Å². The van der Waals surface area contributed by atoms with E-state index in [1.807, 2.05) is 29.1 Å². The number of pyridine rings is 1. The molecular formula is C21H18F2N3S+. The molecule has 2 N–H and O–H groups in total. The molecule has 4 rings (SSSR count). The predicted molar refractivity (Wildman–Crippen MR) is 102 cm³/mol. The minimum Gasteiger partial charge on any atom is -0.322 e. The van der Waals surface area contributed by atoms with Crippen molar-refractivity contribution < 1.29 is 13.3 Å². The highest BCUT2D eigenvalue weighted by Gasteiger charge is 2.14. The SMILES string of the molecule is NC(Cc1cc[n+](Cc2ccc(F)cc2)cc1)c1nc2ccc(F)cc2s1. The van der Waals surface area contributed by atoms with Crippen LogP contribution in [0.1, 0.15) is 22.2 Å². The van der Waals surface area contributed by atoms with Gasteiger partial charge in [0.2, 0.25) is 0 Å². The van der Waals surface area contributed by atoms with Crippen molar-refractivity contribution in [3.63, 3.8) is 0 Å². The molecule has 0 saturated heterocycles. The summed E-state index contributed by atoms with van der Waals surface area (Å²) in [5.74, 6) is -0.495. The van der Waals surface area contributed by atoms with E-state index in [4.69, 9.17) is 5.73 Å². The molecule has 0 radical (unpaired) electrons. The van der Waals surface area contributed by atoms with Gasteiger partial charge in [-0.25, -0.2) is 18.3 Å². The van der Waals surface area contributed by atoms with Gasteiger partial charge in [0.15, 0.2) is 18.9 Å². The van der Waals surface area contributed by atoms with Crippen LogP contribution in [0.2, 0.25) is 0 Å². The summed E-state index contributed by atoms with van der Waals surface area (Å²) >= 11 is 1.43. The van der Waals surface area contributed by atoms with Crippen molar-refractivity contribution in [3.05, 3.63) is 94.8 Å². The smallest absolute Gasteiger partial charge is 0.173 e. The first-order valence-corrected chi connectivity index (χ1v) is 9.42. The fraction of sp³-hybridized carbons (Fsp3) is 0.143. The predicted octanol–water partition coefficient (Wildman–Crippen LogP) is 4.15. The summed E-state index contributed by atoms with van der Waals surface area (Å²) in [5, 5.41) is 0.804. The van der Waals surface area contributed by atoms with Crippen LogP contribution < -0.4 is 10.3 Å². The largest absolute Gasteiger partial charge is 0.322 e. The van der Waals surface area contributed by atoms with Crippen LogP contribution in [0.25, 0.3) is 10.2 Å². The molecule has 2 heterocycles. The Balaban J connectivity index is 1.44. The normalized spacial score (nSPS) is 12.4. The second kappa shape index (κ2) is 7.50. The molecule has 3 nitrogen and oxygen atoms in total. The molecule has 136 valence electrons. The van der Waals surface area contributed by atoms with Crippen molar-refractivity contribution in [2.24, 2.45) is 5.73 Å². The molecule has 2 aromatic heterocycles. The number of nitrogens with two attached hydrogens (primary N) is 1. The Bertz CT molecular complexity index is 1060. The summed E-state index contributed by atoms with van der Waals surface area (Å²) in [6, 6.07) is 14.9. The van der Waals surface area contributed by atoms with Gasteiger partial charge in [-0.05, 0) is 54.4 Å². The van der Waals surface area contributed by atoms with Crippen LogP contribution in [0.15, 0.2) is 67.0 Å². The lowest BCUT2D eigenvalue weighted by atomic mass is 10.1. The number of rotatable bonds is 5. The van der Waals surface area contributed by atoms with E-state index >= 15 is 0 Å². The molecule has 0 fully saturated rings. The van der Waals surface area contributed by atoms with Gasteiger partial charge >= 0.3 is 0 Å². The molecule has 1 atom stereocenters. The summed E-state index contributed by atoms with van der Waals surface area (Å²) < 4.78 is 29.2. The molecule has 6 heteroatoms. The van der Waals surface area contributed by atoms with Crippen LogP contribution in [-0.2, 0) is 13.0 Å². The zero-order valence-corrected chi connectivity index (χ0v) is 15.3. The third-order valence-corrected chi connectivity index (χ3v) is 5.53. The first-order valence-electron chi connectivity index (χ1n) is 8.61. The van der Waals surface area contributed by atoms with Crippen molar-refractivity contribution in [1.29, 1.82) is 0 Å². The van der Waals surface area contributed by atoms with E-state index < -0.39 is 0 Å². The lowest BCUT2D eigenvalue weighted by Crippen LogP contribution is -2.33. The Hall–Kier alpha value is -2.70. The number of hydrogen-bond donors (Lipinski definition) is 1. The van der Waals surface area contributed by atoms with Gasteiger partial charge in [-0.3, -0.25) is 0 Å². The van der Waals surface area contributed by atoms with Gasteiger partial charge in [0.1, 0.15) is 16.6 Å². The van der Waals surface area contributed by atoms with Crippen LogP contribution in [0.5, 0.6) is 0 Å². The van der Waals surface area contributed by atoms with Crippen LogP contribution in [0, 0.1) is 11.6 Å². The highest BCUT2D eigenvalue weighted by molar-refractivity contribution is 7.18. The van der Waals surface area contributed by atoms with Gasteiger partial charge in [0, 0.05) is 17.7 Å². The van der Waals surface area contributed by atoms with E-state index in [0.29, 0.717) is 13.0 Å². The van der Waals surface area contributed by atoms with E-state index in [2.05, 4.69) is 4.98 Å². The van der Waals surface area contributed by atoms with Crippen LogP contribution in [0.4, 0.5) is 8.78 Å². The number of hydrogen-bond acceptors (Lipinski definition) is 3. The molecule has 0 spiro atoms. The zero-order valence-electron chi connectivity index (χ0n) is 14.5. The fourth-order valence-electron chi connectivity index (χ4n) is 2.95. The van der Waals surface area contributed by atoms with Crippen molar-refractivity contribution in [3.8, 4) is 0 Å². The summed E-state index contributed by atoms with van der Waals surface area (Å²) in [7, 11) is 0. The second-order valence-corrected chi connectivity index (χ2v) is 7.54. The molecule has 0 aliphatic carbocycles. The molecule has 2 aromatic carbocycles. The molecule has 0 saturated carbocycles. The quantitative estimate of drug-likeness (QED) is 0.527. The first-order chi connectivity index (χ1) is 13.1. The van der Waals surface area contributed by atoms with Crippen LogP contribution >= 0.6 is 11.3 Å². The van der Waals surface area contributed by atoms with Crippen molar-refractivity contribution in [2.75, 3.05) is 0 Å². The Morgan fingerprint density at radius 3 is 2.37 bits per heavy atom. The summed E-state index contributed by atoms with van der Waals surface area (Å²) in [5.41, 5.74) is 9.23. The average Bonchev–Trinajstić information content (AvgIpc) is 3.08. The van der Waals surface area contributed by atoms with Gasteiger partial charge in [-0.2, -0.15) is 0 Å². The molecular weight excluding hydrogens is 364 g/mol. The summed E-state index contributed by atoms with van der Waals surface area (Å²) in [6.07, 6.45) is 4.62. The lowest BCUT2D eigenvalue weighted by Gasteiger charge is -2.07. The van der Waals surface area contributed by atoms with Crippen LogP contribution in [-0.4, -0.2) is 4.98 Å². The van der Waals surface area contributed by atoms with Crippen molar-refractivity contribution in [1.82, 2.24) is 4.98 Å². The van der Waals surface area contributed by atoms with E-state index in [0.717, 1.165) is 26.4 Å². The van der Waals surface area contributed by atoms with E-state index in [1.54, 1.807) is 18.2 Å². The van der Waals surface area contributed by atoms with Gasteiger partial charge < -0.3 is 5.73 Å². The van der Waals surface area contributed by atoms with E-state index in [9.17, 15) is 8.78 Å². The maximum Gasteiger partial charge on any atom is 0.173 e. The molecule has 4 aromatic rings. The Kier molecular flexibility index (Phi) is 4.92. The molecule has 1 unspecified atom stereocenters. The minimum atomic E-state index is -0.264. The number of halogens is 2. The van der Waals surface area contributed by atoms with E-state index in [1.165, 1.54) is 35.6 Å². The molecule has 0 amide bonds. The topological polar surface area (TPSA) is 42.8 Å². The highest BCUT2D eigenvalue weighted by atomic mass is 32.1.